The molecule has 0 aliphatic heterocycles. The van der Waals surface area contributed by atoms with E-state index in [0.29, 0.717) is 6.90 Å². The Morgan fingerprint density at radius 3 is 2.12 bits per heavy atom. The number of aryl methyl sites for hydroxylation is 2. The number of rotatable bonds is 0. The maximum atomic E-state index is 7.01. The molecule has 0 radical (unpaired) electrons. The molecular formula is C8H10. The van der Waals surface area contributed by atoms with Crippen molar-refractivity contribution in [3.63, 3.8) is 0 Å². The van der Waals surface area contributed by atoms with Crippen LogP contribution in [-0.2, 0) is 0 Å². The smallest absolute Gasteiger partial charge is 0.0280 e. The fourth-order valence-corrected chi connectivity index (χ4v) is 0.588. The van der Waals surface area contributed by atoms with E-state index in [2.05, 4.69) is 0 Å². The molecule has 0 unspecified atom stereocenters. The zero-order valence-electron chi connectivity index (χ0n) is 6.02. The van der Waals surface area contributed by atoms with Crippen LogP contribution in [0.25, 0.3) is 0 Å². The van der Waals surface area contributed by atoms with Crippen LogP contribution in [0.15, 0.2) is 24.3 Å². The first-order valence-electron chi connectivity index (χ1n) is 3.38. The Balaban J connectivity index is 2.88. The summed E-state index contributed by atoms with van der Waals surface area (Å²) in [4.78, 5) is 0. The zero-order chi connectivity index (χ0) is 6.69. The van der Waals surface area contributed by atoms with Crippen LogP contribution < -0.4 is 0 Å². The van der Waals surface area contributed by atoms with E-state index in [1.54, 1.807) is 0 Å². The average Bonchev–Trinajstić information content (AvgIpc) is 1.90. The summed E-state index contributed by atoms with van der Waals surface area (Å²) in [5.74, 6) is 0. The molecule has 0 heteroatoms. The van der Waals surface area contributed by atoms with Crippen molar-refractivity contribution in [1.82, 2.24) is 0 Å². The second kappa shape index (κ2) is 1.99. The van der Waals surface area contributed by atoms with Gasteiger partial charge in [-0.2, -0.15) is 0 Å². The second-order valence-corrected chi connectivity index (χ2v) is 1.99. The first-order chi connectivity index (χ1) is 4.33. The molecule has 0 spiro atoms. The van der Waals surface area contributed by atoms with Gasteiger partial charge in [-0.05, 0) is 13.8 Å². The Bertz CT molecular complexity index is 176. The van der Waals surface area contributed by atoms with Gasteiger partial charge in [0.1, 0.15) is 0 Å². The van der Waals surface area contributed by atoms with Gasteiger partial charge in [0.05, 0.1) is 0 Å². The molecule has 0 saturated carbocycles. The molecule has 0 aliphatic carbocycles. The van der Waals surface area contributed by atoms with Crippen LogP contribution in [0.1, 0.15) is 12.5 Å². The van der Waals surface area contributed by atoms with Crippen molar-refractivity contribution in [2.24, 2.45) is 0 Å². The molecule has 0 N–H and O–H groups in total. The largest absolute Gasteiger partial charge is 0.0591 e. The topological polar surface area (TPSA) is 0 Å². The molecule has 0 nitrogen and oxygen atoms in total. The third-order valence-electron chi connectivity index (χ3n) is 1.12. The summed E-state index contributed by atoms with van der Waals surface area (Å²) >= 11 is 0. The Hall–Kier alpha value is -0.780. The lowest BCUT2D eigenvalue weighted by atomic mass is 10.2. The van der Waals surface area contributed by atoms with Crippen LogP contribution in [0.3, 0.4) is 0 Å². The summed E-state index contributed by atoms with van der Waals surface area (Å²) in [5.41, 5.74) is 2.34. The van der Waals surface area contributed by atoms with Crippen molar-refractivity contribution in [2.45, 2.75) is 13.8 Å². The van der Waals surface area contributed by atoms with E-state index >= 15 is 0 Å². The summed E-state index contributed by atoms with van der Waals surface area (Å²) in [7, 11) is 0. The normalized spacial score (nSPS) is 10.9. The Labute approximate surface area is 51.6 Å². The quantitative estimate of drug-likeness (QED) is 0.477. The summed E-state index contributed by atoms with van der Waals surface area (Å²) in [5, 5.41) is 0. The minimum atomic E-state index is 0.389. The molecule has 0 fully saturated rings. The third kappa shape index (κ3) is 1.09. The highest BCUT2D eigenvalue weighted by atomic mass is 13.9. The van der Waals surface area contributed by atoms with E-state index in [4.69, 9.17) is 1.37 Å². The van der Waals surface area contributed by atoms with Crippen LogP contribution in [0.5, 0.6) is 0 Å². The Morgan fingerprint density at radius 2 is 1.62 bits per heavy atom. The lowest BCUT2D eigenvalue weighted by Gasteiger charge is -1.90. The van der Waals surface area contributed by atoms with Crippen LogP contribution in [0.2, 0.25) is 0 Å². The summed E-state index contributed by atoms with van der Waals surface area (Å²) in [6.07, 6.45) is 0. The fraction of sp³-hybridized carbons (Fsp3) is 0.250. The molecule has 8 heavy (non-hydrogen) atoms. The number of hydrogen-bond donors (Lipinski definition) is 0. The van der Waals surface area contributed by atoms with E-state index in [-0.39, 0.29) is 0 Å². The van der Waals surface area contributed by atoms with Crippen LogP contribution in [0.4, 0.5) is 0 Å². The molecule has 0 atom stereocenters. The highest BCUT2D eigenvalue weighted by Gasteiger charge is 1.79. The maximum Gasteiger partial charge on any atom is 0.0280 e. The summed E-state index contributed by atoms with van der Waals surface area (Å²) < 4.78 is 7.01. The average molecular weight is 107 g/mol. The Morgan fingerprint density at radius 1 is 1.12 bits per heavy atom. The zero-order valence-corrected chi connectivity index (χ0v) is 5.02. The van der Waals surface area contributed by atoms with Gasteiger partial charge in [0.25, 0.3) is 0 Å². The van der Waals surface area contributed by atoms with E-state index in [9.17, 15) is 0 Å². The third-order valence-corrected chi connectivity index (χ3v) is 1.12. The van der Waals surface area contributed by atoms with Crippen LogP contribution in [0, 0.1) is 13.8 Å². The minimum Gasteiger partial charge on any atom is -0.0591 e. The van der Waals surface area contributed by atoms with Gasteiger partial charge in [-0.1, -0.05) is 35.4 Å². The molecule has 42 valence electrons. The van der Waals surface area contributed by atoms with E-state index in [1.165, 1.54) is 5.56 Å². The van der Waals surface area contributed by atoms with Crippen molar-refractivity contribution >= 4 is 0 Å². The van der Waals surface area contributed by atoms with Crippen molar-refractivity contribution < 1.29 is 1.37 Å². The van der Waals surface area contributed by atoms with Gasteiger partial charge in [0, 0.05) is 1.37 Å². The molecule has 0 aliphatic rings. The standard InChI is InChI=1S/C8H10/c1-7-3-5-8(2)6-4-7/h3-6H,1-2H3/i1D. The monoisotopic (exact) mass is 107 g/mol. The lowest BCUT2D eigenvalue weighted by Crippen LogP contribution is -1.70. The van der Waals surface area contributed by atoms with Gasteiger partial charge in [-0.3, -0.25) is 0 Å². The van der Waals surface area contributed by atoms with Gasteiger partial charge in [-0.25, -0.2) is 0 Å². The summed E-state index contributed by atoms with van der Waals surface area (Å²) in [6.45, 7) is 2.44. The molecular weight excluding hydrogens is 96.1 g/mol. The van der Waals surface area contributed by atoms with Crippen LogP contribution >= 0.6 is 0 Å². The van der Waals surface area contributed by atoms with Gasteiger partial charge in [0.2, 0.25) is 0 Å². The minimum absolute atomic E-state index is 0.389. The van der Waals surface area contributed by atoms with Crippen molar-refractivity contribution in [3.8, 4) is 0 Å². The lowest BCUT2D eigenvalue weighted by molar-refractivity contribution is 1.40. The number of benzene rings is 1. The molecule has 1 rings (SSSR count). The van der Waals surface area contributed by atoms with Gasteiger partial charge in [0.15, 0.2) is 0 Å². The molecule has 0 amide bonds. The first-order valence-corrected chi connectivity index (χ1v) is 2.67. The first kappa shape index (κ1) is 4.13. The highest BCUT2D eigenvalue weighted by Crippen LogP contribution is 1.99. The predicted molar refractivity (Wildman–Crippen MR) is 35.9 cm³/mol. The summed E-state index contributed by atoms with van der Waals surface area (Å²) in [6, 6.07) is 8.04. The van der Waals surface area contributed by atoms with Crippen molar-refractivity contribution in [3.05, 3.63) is 35.4 Å². The van der Waals surface area contributed by atoms with Gasteiger partial charge in [-0.15, -0.1) is 0 Å². The maximum absolute atomic E-state index is 7.01. The molecule has 0 saturated heterocycles. The highest BCUT2D eigenvalue weighted by molar-refractivity contribution is 5.19. The van der Waals surface area contributed by atoms with Gasteiger partial charge >= 0.3 is 0 Å². The molecule has 1 aromatic carbocycles. The predicted octanol–water partition coefficient (Wildman–Crippen LogP) is 2.30. The van der Waals surface area contributed by atoms with Crippen molar-refractivity contribution in [2.75, 3.05) is 0 Å². The van der Waals surface area contributed by atoms with E-state index in [1.807, 2.05) is 31.2 Å². The molecule has 1 aromatic rings. The van der Waals surface area contributed by atoms with Crippen molar-refractivity contribution in [1.29, 1.82) is 0 Å². The van der Waals surface area contributed by atoms with E-state index in [0.717, 1.165) is 5.56 Å². The number of hydrogen-bond acceptors (Lipinski definition) is 0. The second-order valence-electron chi connectivity index (χ2n) is 1.99. The van der Waals surface area contributed by atoms with E-state index < -0.39 is 0 Å². The van der Waals surface area contributed by atoms with Gasteiger partial charge < -0.3 is 0 Å². The molecule has 0 bridgehead atoms. The SMILES string of the molecule is [2H]Cc1ccc(C)cc1. The Kier molecular flexibility index (Phi) is 1.03. The molecule has 0 heterocycles. The molecule has 0 aromatic heterocycles. The van der Waals surface area contributed by atoms with Crippen LogP contribution in [-0.4, -0.2) is 0 Å². The fourth-order valence-electron chi connectivity index (χ4n) is 0.588.